The lowest BCUT2D eigenvalue weighted by Gasteiger charge is -2.09. The molecule has 2 N–H and O–H groups in total. The predicted octanol–water partition coefficient (Wildman–Crippen LogP) is 4.76. The Morgan fingerprint density at radius 1 is 0.889 bits per heavy atom. The van der Waals surface area contributed by atoms with Crippen molar-refractivity contribution in [1.82, 2.24) is 9.97 Å². The molecule has 2 aromatic heterocycles. The predicted molar refractivity (Wildman–Crippen MR) is 104 cm³/mol. The fourth-order valence-corrected chi connectivity index (χ4v) is 3.42. The Bertz CT molecular complexity index is 1130. The van der Waals surface area contributed by atoms with Gasteiger partial charge in [0.1, 0.15) is 11.4 Å². The molecule has 0 radical (unpaired) electrons. The Labute approximate surface area is 156 Å². The van der Waals surface area contributed by atoms with Gasteiger partial charge in [-0.15, -0.1) is 0 Å². The van der Waals surface area contributed by atoms with Crippen molar-refractivity contribution in [2.75, 3.05) is 13.2 Å². The van der Waals surface area contributed by atoms with E-state index in [1.807, 2.05) is 42.7 Å². The van der Waals surface area contributed by atoms with Gasteiger partial charge in [0.2, 0.25) is 0 Å². The molecule has 1 aliphatic rings. The zero-order valence-corrected chi connectivity index (χ0v) is 14.6. The fourth-order valence-electron chi connectivity index (χ4n) is 3.42. The van der Waals surface area contributed by atoms with E-state index in [1.165, 1.54) is 0 Å². The van der Waals surface area contributed by atoms with Crippen LogP contribution in [0.4, 0.5) is 0 Å². The lowest BCUT2D eigenvalue weighted by Crippen LogP contribution is -1.97. The average molecular weight is 358 g/mol. The first-order valence-electron chi connectivity index (χ1n) is 8.94. The molecule has 134 valence electrons. The molecule has 5 heteroatoms. The van der Waals surface area contributed by atoms with E-state index in [0.29, 0.717) is 13.2 Å². The van der Waals surface area contributed by atoms with Crippen molar-refractivity contribution in [2.45, 2.75) is 6.42 Å². The van der Waals surface area contributed by atoms with E-state index in [0.717, 1.165) is 51.2 Å². The lowest BCUT2D eigenvalue weighted by molar-refractivity contribution is 0.297. The zero-order valence-electron chi connectivity index (χ0n) is 14.6. The largest absolute Gasteiger partial charge is 0.508 e. The van der Waals surface area contributed by atoms with Gasteiger partial charge in [-0.1, -0.05) is 18.2 Å². The van der Waals surface area contributed by atoms with Gasteiger partial charge in [-0.05, 0) is 41.5 Å². The smallest absolute Gasteiger partial charge is 0.161 e. The van der Waals surface area contributed by atoms with E-state index >= 15 is 0 Å². The van der Waals surface area contributed by atoms with Gasteiger partial charge in [0.15, 0.2) is 11.5 Å². The maximum absolute atomic E-state index is 9.76. The summed E-state index contributed by atoms with van der Waals surface area (Å²) < 4.78 is 11.6. The third-order valence-electron chi connectivity index (χ3n) is 4.77. The highest BCUT2D eigenvalue weighted by Gasteiger charge is 2.14. The molecule has 0 atom stereocenters. The number of phenols is 1. The minimum Gasteiger partial charge on any atom is -0.508 e. The number of aromatic amines is 1. The molecule has 4 aromatic rings. The second-order valence-electron chi connectivity index (χ2n) is 6.58. The number of nitrogens with zero attached hydrogens (tertiary/aromatic N) is 1. The summed E-state index contributed by atoms with van der Waals surface area (Å²) in [4.78, 5) is 7.78. The van der Waals surface area contributed by atoms with E-state index in [4.69, 9.17) is 9.47 Å². The summed E-state index contributed by atoms with van der Waals surface area (Å²) in [6.45, 7) is 1.34. The molecule has 1 aliphatic heterocycles. The van der Waals surface area contributed by atoms with Crippen LogP contribution in [0.2, 0.25) is 0 Å². The van der Waals surface area contributed by atoms with Crippen LogP contribution in [-0.2, 0) is 0 Å². The van der Waals surface area contributed by atoms with E-state index in [1.54, 1.807) is 12.1 Å². The summed E-state index contributed by atoms with van der Waals surface area (Å²) >= 11 is 0. The normalized spacial score (nSPS) is 13.5. The molecule has 27 heavy (non-hydrogen) atoms. The summed E-state index contributed by atoms with van der Waals surface area (Å²) in [6, 6.07) is 15.3. The number of hydrogen-bond donors (Lipinski definition) is 2. The van der Waals surface area contributed by atoms with E-state index in [2.05, 4.69) is 16.0 Å². The van der Waals surface area contributed by atoms with Crippen LogP contribution >= 0.6 is 0 Å². The minimum atomic E-state index is 0.241. The lowest BCUT2D eigenvalue weighted by atomic mass is 10.0. The van der Waals surface area contributed by atoms with Crippen molar-refractivity contribution in [1.29, 1.82) is 0 Å². The van der Waals surface area contributed by atoms with Crippen LogP contribution in [0.5, 0.6) is 17.2 Å². The Morgan fingerprint density at radius 2 is 1.78 bits per heavy atom. The number of phenolic OH excluding ortho intramolecular Hbond substituents is 1. The van der Waals surface area contributed by atoms with Gasteiger partial charge in [-0.2, -0.15) is 0 Å². The van der Waals surface area contributed by atoms with Crippen LogP contribution in [-0.4, -0.2) is 28.3 Å². The van der Waals surface area contributed by atoms with E-state index < -0.39 is 0 Å². The van der Waals surface area contributed by atoms with Crippen molar-refractivity contribution >= 4 is 11.0 Å². The Morgan fingerprint density at radius 3 is 2.67 bits per heavy atom. The van der Waals surface area contributed by atoms with Gasteiger partial charge in [0.25, 0.3) is 0 Å². The standard InChI is InChI=1S/C22H18N2O3/c25-17-4-1-3-14(9-17)16-10-18-19(13-24-22(18)23-12-16)15-5-6-20-21(11-15)27-8-2-7-26-20/h1,3-6,9-13,25H,2,7-8H2,(H,23,24). The third-order valence-corrected chi connectivity index (χ3v) is 4.77. The first kappa shape index (κ1) is 15.8. The van der Waals surface area contributed by atoms with Crippen molar-refractivity contribution in [3.8, 4) is 39.5 Å². The monoisotopic (exact) mass is 358 g/mol. The highest BCUT2D eigenvalue weighted by Crippen LogP contribution is 2.37. The van der Waals surface area contributed by atoms with Crippen LogP contribution in [0.15, 0.2) is 60.9 Å². The summed E-state index contributed by atoms with van der Waals surface area (Å²) in [5.74, 6) is 1.80. The number of pyridine rings is 1. The fraction of sp³-hybridized carbons (Fsp3) is 0.136. The molecule has 0 bridgehead atoms. The second-order valence-corrected chi connectivity index (χ2v) is 6.58. The molecule has 5 nitrogen and oxygen atoms in total. The van der Waals surface area contributed by atoms with Crippen molar-refractivity contribution in [3.63, 3.8) is 0 Å². The molecule has 0 unspecified atom stereocenters. The van der Waals surface area contributed by atoms with Gasteiger partial charge in [-0.3, -0.25) is 0 Å². The molecule has 3 heterocycles. The van der Waals surface area contributed by atoms with Crippen LogP contribution in [0, 0.1) is 0 Å². The summed E-state index contributed by atoms with van der Waals surface area (Å²) in [5.41, 5.74) is 4.79. The number of aromatic nitrogens is 2. The molecule has 0 aliphatic carbocycles. The number of aromatic hydroxyl groups is 1. The van der Waals surface area contributed by atoms with Crippen molar-refractivity contribution < 1.29 is 14.6 Å². The molecule has 5 rings (SSSR count). The van der Waals surface area contributed by atoms with E-state index in [9.17, 15) is 5.11 Å². The number of rotatable bonds is 2. The average Bonchev–Trinajstić information content (AvgIpc) is 2.97. The molecule has 2 aromatic carbocycles. The van der Waals surface area contributed by atoms with Crippen molar-refractivity contribution in [2.24, 2.45) is 0 Å². The number of nitrogens with one attached hydrogen (secondary N) is 1. The SMILES string of the molecule is Oc1cccc(-c2cnc3[nH]cc(-c4ccc5c(c4)OCCCO5)c3c2)c1. The van der Waals surface area contributed by atoms with Crippen molar-refractivity contribution in [3.05, 3.63) is 60.9 Å². The molecular weight excluding hydrogens is 340 g/mol. The molecule has 0 amide bonds. The van der Waals surface area contributed by atoms with Crippen LogP contribution in [0.3, 0.4) is 0 Å². The van der Waals surface area contributed by atoms with Gasteiger partial charge in [0.05, 0.1) is 13.2 Å². The van der Waals surface area contributed by atoms with Gasteiger partial charge >= 0.3 is 0 Å². The molecule has 0 fully saturated rings. The highest BCUT2D eigenvalue weighted by molar-refractivity contribution is 5.96. The summed E-state index contributed by atoms with van der Waals surface area (Å²) in [6.07, 6.45) is 4.66. The first-order valence-corrected chi connectivity index (χ1v) is 8.94. The quantitative estimate of drug-likeness (QED) is 0.542. The number of fused-ring (bicyclic) bond motifs is 2. The third kappa shape index (κ3) is 2.87. The van der Waals surface area contributed by atoms with Gasteiger partial charge < -0.3 is 19.6 Å². The maximum Gasteiger partial charge on any atom is 0.161 e. The Balaban J connectivity index is 1.61. The number of H-pyrrole nitrogens is 1. The first-order chi connectivity index (χ1) is 13.3. The van der Waals surface area contributed by atoms with Crippen LogP contribution in [0.1, 0.15) is 6.42 Å². The maximum atomic E-state index is 9.76. The molecule has 0 saturated heterocycles. The number of benzene rings is 2. The number of ether oxygens (including phenoxy) is 2. The minimum absolute atomic E-state index is 0.241. The summed E-state index contributed by atoms with van der Waals surface area (Å²) in [7, 11) is 0. The Hall–Kier alpha value is -3.47. The zero-order chi connectivity index (χ0) is 18.2. The summed E-state index contributed by atoms with van der Waals surface area (Å²) in [5, 5.41) is 10.8. The second kappa shape index (κ2) is 6.36. The Kier molecular flexibility index (Phi) is 3.71. The molecular formula is C22H18N2O3. The van der Waals surface area contributed by atoms with Gasteiger partial charge in [0, 0.05) is 35.3 Å². The topological polar surface area (TPSA) is 67.4 Å². The molecule has 0 spiro atoms. The number of hydrogen-bond acceptors (Lipinski definition) is 4. The van der Waals surface area contributed by atoms with E-state index in [-0.39, 0.29) is 5.75 Å². The van der Waals surface area contributed by atoms with Gasteiger partial charge in [-0.25, -0.2) is 4.98 Å². The van der Waals surface area contributed by atoms with Crippen LogP contribution in [0.25, 0.3) is 33.3 Å². The molecule has 0 saturated carbocycles. The highest BCUT2D eigenvalue weighted by atomic mass is 16.5. The van der Waals surface area contributed by atoms with Crippen LogP contribution < -0.4 is 9.47 Å².